The maximum Gasteiger partial charge on any atom is 0.492 e. The molecule has 0 unspecified atom stereocenters. The number of pyridine rings is 1. The van der Waals surface area contributed by atoms with E-state index in [0.717, 1.165) is 5.56 Å². The molecule has 3 N–H and O–H groups in total. The number of hydrogen-bond donors (Lipinski definition) is 2. The summed E-state index contributed by atoms with van der Waals surface area (Å²) in [5, 5.41) is 2.74. The highest BCUT2D eigenvalue weighted by Crippen LogP contribution is 2.38. The van der Waals surface area contributed by atoms with Gasteiger partial charge in [-0.2, -0.15) is 0 Å². The van der Waals surface area contributed by atoms with E-state index in [1.807, 2.05) is 58.0 Å². The molecule has 0 bridgehead atoms. The van der Waals surface area contributed by atoms with E-state index in [2.05, 4.69) is 10.3 Å². The number of nitrogens with two attached hydrogens (primary N) is 1. The fourth-order valence-electron chi connectivity index (χ4n) is 3.03. The van der Waals surface area contributed by atoms with Crippen molar-refractivity contribution >= 4 is 25.2 Å². The maximum atomic E-state index is 12.3. The second kappa shape index (κ2) is 9.54. The molecule has 0 radical (unpaired) electrons. The fourth-order valence-corrected chi connectivity index (χ4v) is 3.03. The number of aromatic nitrogens is 1. The first-order chi connectivity index (χ1) is 15.1. The zero-order valence-corrected chi connectivity index (χ0v) is 18.8. The zero-order chi connectivity index (χ0) is 23.4. The number of amides is 2. The van der Waals surface area contributed by atoms with Crippen molar-refractivity contribution in [2.75, 3.05) is 6.54 Å². The van der Waals surface area contributed by atoms with Crippen LogP contribution in [0.3, 0.4) is 0 Å². The van der Waals surface area contributed by atoms with Crippen molar-refractivity contribution in [2.45, 2.75) is 45.5 Å². The highest BCUT2D eigenvalue weighted by atomic mass is 16.7. The molecule has 2 amide bonds. The SMILES string of the molecule is CC1(C)OB(C(=Cc2cncc(C(N)=O)c2)CNC(=O)OCc2ccccc2)OC1(C)C. The lowest BCUT2D eigenvalue weighted by Crippen LogP contribution is -2.41. The minimum atomic E-state index is -0.702. The number of benzene rings is 1. The van der Waals surface area contributed by atoms with Gasteiger partial charge in [0.05, 0.1) is 16.8 Å². The van der Waals surface area contributed by atoms with E-state index < -0.39 is 30.3 Å². The van der Waals surface area contributed by atoms with Crippen LogP contribution in [-0.2, 0) is 20.7 Å². The Kier molecular flexibility index (Phi) is 7.01. The topological polar surface area (TPSA) is 113 Å². The molecule has 32 heavy (non-hydrogen) atoms. The third-order valence-corrected chi connectivity index (χ3v) is 5.60. The Morgan fingerprint density at radius 2 is 1.78 bits per heavy atom. The van der Waals surface area contributed by atoms with Crippen LogP contribution in [0.15, 0.2) is 54.3 Å². The number of primary amides is 1. The molecule has 1 aromatic carbocycles. The minimum Gasteiger partial charge on any atom is -0.445 e. The lowest BCUT2D eigenvalue weighted by molar-refractivity contribution is 0.00578. The number of hydrogen-bond acceptors (Lipinski definition) is 6. The Bertz CT molecular complexity index is 992. The van der Waals surface area contributed by atoms with E-state index >= 15 is 0 Å². The van der Waals surface area contributed by atoms with Gasteiger partial charge in [0, 0.05) is 18.9 Å². The molecule has 8 nitrogen and oxygen atoms in total. The first-order valence-electron chi connectivity index (χ1n) is 10.3. The van der Waals surface area contributed by atoms with E-state index in [4.69, 9.17) is 19.8 Å². The number of rotatable bonds is 7. The lowest BCUT2D eigenvalue weighted by Gasteiger charge is -2.32. The van der Waals surface area contributed by atoms with Crippen molar-refractivity contribution < 1.29 is 23.6 Å². The van der Waals surface area contributed by atoms with Gasteiger partial charge < -0.3 is 25.1 Å². The standard InChI is InChI=1S/C23H28BN3O5/c1-22(2)23(3,4)32-24(31-22)19(11-17-10-18(20(25)28)13-26-12-17)14-27-21(29)30-15-16-8-6-5-7-9-16/h5-13H,14-15H2,1-4H3,(H2,25,28)(H,27,29). The van der Waals surface area contributed by atoms with E-state index in [1.165, 1.54) is 6.20 Å². The Hall–Kier alpha value is -3.17. The molecule has 0 aliphatic carbocycles. The highest BCUT2D eigenvalue weighted by molar-refractivity contribution is 6.56. The van der Waals surface area contributed by atoms with Crippen LogP contribution in [0.4, 0.5) is 4.79 Å². The normalized spacial score (nSPS) is 17.1. The second-order valence-corrected chi connectivity index (χ2v) is 8.59. The number of nitrogens with zero attached hydrogens (tertiary/aromatic N) is 1. The summed E-state index contributed by atoms with van der Waals surface area (Å²) in [7, 11) is -0.702. The second-order valence-electron chi connectivity index (χ2n) is 8.59. The summed E-state index contributed by atoms with van der Waals surface area (Å²) in [6, 6.07) is 11.0. The van der Waals surface area contributed by atoms with Crippen molar-refractivity contribution in [2.24, 2.45) is 5.73 Å². The van der Waals surface area contributed by atoms with E-state index in [1.54, 1.807) is 18.3 Å². The van der Waals surface area contributed by atoms with Gasteiger partial charge in [0.25, 0.3) is 0 Å². The molecule has 2 heterocycles. The van der Waals surface area contributed by atoms with E-state index in [-0.39, 0.29) is 18.7 Å². The summed E-state index contributed by atoms with van der Waals surface area (Å²) in [6.07, 6.45) is 4.18. The quantitative estimate of drug-likeness (QED) is 0.644. The maximum absolute atomic E-state index is 12.3. The molecule has 1 aliphatic rings. The van der Waals surface area contributed by atoms with Crippen molar-refractivity contribution in [1.82, 2.24) is 10.3 Å². The smallest absolute Gasteiger partial charge is 0.445 e. The van der Waals surface area contributed by atoms with Crippen LogP contribution in [-0.4, -0.2) is 41.8 Å². The van der Waals surface area contributed by atoms with Gasteiger partial charge in [-0.05, 0) is 50.4 Å². The molecular formula is C23H28BN3O5. The van der Waals surface area contributed by atoms with Gasteiger partial charge in [0.2, 0.25) is 5.91 Å². The lowest BCUT2D eigenvalue weighted by atomic mass is 9.77. The van der Waals surface area contributed by atoms with Gasteiger partial charge in [-0.3, -0.25) is 9.78 Å². The predicted molar refractivity (Wildman–Crippen MR) is 121 cm³/mol. The van der Waals surface area contributed by atoms with Gasteiger partial charge in [-0.1, -0.05) is 36.4 Å². The molecule has 1 saturated heterocycles. The largest absolute Gasteiger partial charge is 0.492 e. The number of carbonyl (C=O) groups excluding carboxylic acids is 2. The van der Waals surface area contributed by atoms with Crippen molar-refractivity contribution in [3.63, 3.8) is 0 Å². The van der Waals surface area contributed by atoms with Crippen LogP contribution in [0, 0.1) is 0 Å². The summed E-state index contributed by atoms with van der Waals surface area (Å²) in [4.78, 5) is 27.8. The van der Waals surface area contributed by atoms with Crippen molar-refractivity contribution in [3.8, 4) is 0 Å². The van der Waals surface area contributed by atoms with Crippen LogP contribution in [0.25, 0.3) is 6.08 Å². The molecule has 1 aliphatic heterocycles. The summed E-state index contributed by atoms with van der Waals surface area (Å²) >= 11 is 0. The average molecular weight is 437 g/mol. The predicted octanol–water partition coefficient (Wildman–Crippen LogP) is 3.12. The summed E-state index contributed by atoms with van der Waals surface area (Å²) < 4.78 is 17.6. The monoisotopic (exact) mass is 437 g/mol. The molecule has 0 spiro atoms. The van der Waals surface area contributed by atoms with Crippen molar-refractivity contribution in [3.05, 3.63) is 71.0 Å². The summed E-state index contributed by atoms with van der Waals surface area (Å²) in [5.41, 5.74) is 6.69. The van der Waals surface area contributed by atoms with Crippen molar-refractivity contribution in [1.29, 1.82) is 0 Å². The van der Waals surface area contributed by atoms with E-state index in [9.17, 15) is 9.59 Å². The first-order valence-corrected chi connectivity index (χ1v) is 10.3. The van der Waals surface area contributed by atoms with Crippen LogP contribution in [0.2, 0.25) is 0 Å². The third-order valence-electron chi connectivity index (χ3n) is 5.60. The Morgan fingerprint density at radius 3 is 2.41 bits per heavy atom. The van der Waals surface area contributed by atoms with Gasteiger partial charge in [0.15, 0.2) is 0 Å². The molecule has 0 atom stereocenters. The van der Waals surface area contributed by atoms with Crippen LogP contribution in [0.1, 0.15) is 49.2 Å². The summed E-state index contributed by atoms with van der Waals surface area (Å²) in [6.45, 7) is 8.06. The van der Waals surface area contributed by atoms with Gasteiger partial charge in [-0.25, -0.2) is 4.79 Å². The molecule has 2 aromatic rings. The highest BCUT2D eigenvalue weighted by Gasteiger charge is 2.52. The summed E-state index contributed by atoms with van der Waals surface area (Å²) in [5.74, 6) is -0.576. The average Bonchev–Trinajstić information content (AvgIpc) is 2.97. The van der Waals surface area contributed by atoms with E-state index in [0.29, 0.717) is 11.0 Å². The molecular weight excluding hydrogens is 409 g/mol. The minimum absolute atomic E-state index is 0.116. The number of nitrogens with one attached hydrogen (secondary N) is 1. The first kappa shape index (κ1) is 23.5. The van der Waals surface area contributed by atoms with Gasteiger partial charge in [-0.15, -0.1) is 0 Å². The fraction of sp³-hybridized carbons (Fsp3) is 0.348. The van der Waals surface area contributed by atoms with Gasteiger partial charge in [0.1, 0.15) is 6.61 Å². The Balaban J connectivity index is 1.76. The van der Waals surface area contributed by atoms with Crippen LogP contribution < -0.4 is 11.1 Å². The van der Waals surface area contributed by atoms with Crippen LogP contribution in [0.5, 0.6) is 0 Å². The Labute approximate surface area is 188 Å². The molecule has 9 heteroatoms. The molecule has 1 fully saturated rings. The third kappa shape index (κ3) is 5.75. The number of carbonyl (C=O) groups is 2. The molecule has 168 valence electrons. The van der Waals surface area contributed by atoms with Gasteiger partial charge >= 0.3 is 13.2 Å². The Morgan fingerprint density at radius 1 is 1.12 bits per heavy atom. The molecule has 3 rings (SSSR count). The number of alkyl carbamates (subject to hydrolysis) is 1. The molecule has 1 aromatic heterocycles. The van der Waals surface area contributed by atoms with Crippen LogP contribution >= 0.6 is 0 Å². The number of ether oxygens (including phenoxy) is 1. The zero-order valence-electron chi connectivity index (χ0n) is 18.8. The molecule has 0 saturated carbocycles.